The number of aliphatic hydroxyl groups is 1. The van der Waals surface area contributed by atoms with Gasteiger partial charge in [0.05, 0.1) is 5.56 Å². The van der Waals surface area contributed by atoms with Gasteiger partial charge in [0.25, 0.3) is 0 Å². The molecule has 0 unspecified atom stereocenters. The monoisotopic (exact) mass is 420 g/mol. The van der Waals surface area contributed by atoms with Crippen LogP contribution in [-0.4, -0.2) is 50.7 Å². The van der Waals surface area contributed by atoms with E-state index in [1.165, 1.54) is 13.8 Å². The number of hydrogen-bond acceptors (Lipinski definition) is 8. The SMILES string of the molecule is CC(=O)O[C@H]1CC[C@]2(C)c3c(O)c(O)c([C@H](C)CO)c(O)c3C(=O)C(=O)[C@H]2C1(C)C. The summed E-state index contributed by atoms with van der Waals surface area (Å²) in [4.78, 5) is 37.9. The molecule has 0 bridgehead atoms. The Morgan fingerprint density at radius 2 is 1.73 bits per heavy atom. The minimum atomic E-state index is -1.08. The lowest BCUT2D eigenvalue weighted by Crippen LogP contribution is -2.60. The zero-order valence-electron chi connectivity index (χ0n) is 17.8. The zero-order valence-corrected chi connectivity index (χ0v) is 17.8. The fourth-order valence-electron chi connectivity index (χ4n) is 5.58. The number of fused-ring (bicyclic) bond motifs is 3. The molecule has 4 atom stereocenters. The van der Waals surface area contributed by atoms with Crippen LogP contribution in [0.15, 0.2) is 0 Å². The number of ketones is 2. The van der Waals surface area contributed by atoms with Crippen molar-refractivity contribution in [3.05, 3.63) is 16.7 Å². The van der Waals surface area contributed by atoms with Gasteiger partial charge in [0, 0.05) is 47.3 Å². The molecular weight excluding hydrogens is 392 g/mol. The van der Waals surface area contributed by atoms with Gasteiger partial charge in [-0.2, -0.15) is 0 Å². The molecule has 8 nitrogen and oxygen atoms in total. The third-order valence-corrected chi connectivity index (χ3v) is 6.95. The number of esters is 1. The van der Waals surface area contributed by atoms with Crippen LogP contribution in [0.4, 0.5) is 0 Å². The third-order valence-electron chi connectivity index (χ3n) is 6.95. The lowest BCUT2D eigenvalue weighted by Gasteiger charge is -2.55. The summed E-state index contributed by atoms with van der Waals surface area (Å²) in [7, 11) is 0. The summed E-state index contributed by atoms with van der Waals surface area (Å²) in [5.74, 6) is -5.70. The second-order valence-corrected chi connectivity index (χ2v) is 9.30. The van der Waals surface area contributed by atoms with Crippen molar-refractivity contribution in [1.82, 2.24) is 0 Å². The molecule has 1 fully saturated rings. The Kier molecular flexibility index (Phi) is 5.13. The number of Topliss-reactive ketones (excluding diaryl/α,β-unsaturated/α-hetero) is 2. The molecule has 164 valence electrons. The van der Waals surface area contributed by atoms with Crippen LogP contribution in [0.3, 0.4) is 0 Å². The quantitative estimate of drug-likeness (QED) is 0.253. The minimum absolute atomic E-state index is 0.0235. The molecule has 2 aliphatic carbocycles. The maximum atomic E-state index is 13.3. The molecule has 0 spiro atoms. The highest BCUT2D eigenvalue weighted by molar-refractivity contribution is 6.47. The zero-order chi connectivity index (χ0) is 22.8. The Bertz CT molecular complexity index is 947. The summed E-state index contributed by atoms with van der Waals surface area (Å²) in [5, 5.41) is 41.8. The lowest BCUT2D eigenvalue weighted by molar-refractivity contribution is -0.166. The lowest BCUT2D eigenvalue weighted by atomic mass is 9.48. The summed E-state index contributed by atoms with van der Waals surface area (Å²) >= 11 is 0. The maximum absolute atomic E-state index is 13.3. The van der Waals surface area contributed by atoms with Gasteiger partial charge in [0.1, 0.15) is 11.9 Å². The number of aliphatic hydroxyl groups excluding tert-OH is 1. The van der Waals surface area contributed by atoms with E-state index >= 15 is 0 Å². The average Bonchev–Trinajstić information content (AvgIpc) is 2.64. The van der Waals surface area contributed by atoms with E-state index in [1.807, 2.05) is 0 Å². The van der Waals surface area contributed by atoms with Gasteiger partial charge in [-0.05, 0) is 12.8 Å². The van der Waals surface area contributed by atoms with Gasteiger partial charge in [0.2, 0.25) is 11.6 Å². The minimum Gasteiger partial charge on any atom is -0.507 e. The number of benzene rings is 1. The van der Waals surface area contributed by atoms with Crippen LogP contribution >= 0.6 is 0 Å². The summed E-state index contributed by atoms with van der Waals surface area (Å²) in [6, 6.07) is 0. The highest BCUT2D eigenvalue weighted by Crippen LogP contribution is 2.61. The van der Waals surface area contributed by atoms with Crippen molar-refractivity contribution < 1.29 is 39.5 Å². The van der Waals surface area contributed by atoms with Crippen LogP contribution in [0.2, 0.25) is 0 Å². The van der Waals surface area contributed by atoms with Crippen molar-refractivity contribution in [3.63, 3.8) is 0 Å². The number of ether oxygens (including phenoxy) is 1. The predicted octanol–water partition coefficient (Wildman–Crippen LogP) is 2.29. The molecule has 0 aromatic heterocycles. The van der Waals surface area contributed by atoms with Gasteiger partial charge < -0.3 is 25.2 Å². The van der Waals surface area contributed by atoms with Crippen molar-refractivity contribution in [2.75, 3.05) is 6.61 Å². The first-order valence-corrected chi connectivity index (χ1v) is 9.98. The van der Waals surface area contributed by atoms with Gasteiger partial charge in [-0.15, -0.1) is 0 Å². The molecule has 0 aliphatic heterocycles. The van der Waals surface area contributed by atoms with Gasteiger partial charge in [0.15, 0.2) is 11.5 Å². The Morgan fingerprint density at radius 1 is 1.13 bits per heavy atom. The first kappa shape index (κ1) is 22.1. The van der Waals surface area contributed by atoms with Gasteiger partial charge in [-0.1, -0.05) is 27.7 Å². The van der Waals surface area contributed by atoms with Crippen LogP contribution in [0.5, 0.6) is 17.2 Å². The van der Waals surface area contributed by atoms with Crippen LogP contribution < -0.4 is 0 Å². The number of phenols is 3. The molecule has 0 saturated heterocycles. The average molecular weight is 420 g/mol. The van der Waals surface area contributed by atoms with E-state index in [4.69, 9.17) is 4.74 Å². The van der Waals surface area contributed by atoms with Crippen molar-refractivity contribution >= 4 is 17.5 Å². The topological polar surface area (TPSA) is 141 Å². The van der Waals surface area contributed by atoms with Gasteiger partial charge in [-0.25, -0.2) is 0 Å². The van der Waals surface area contributed by atoms with Crippen LogP contribution in [0, 0.1) is 11.3 Å². The van der Waals surface area contributed by atoms with E-state index in [1.54, 1.807) is 20.8 Å². The van der Waals surface area contributed by atoms with Crippen LogP contribution in [0.1, 0.15) is 74.9 Å². The fourth-order valence-corrected chi connectivity index (χ4v) is 5.58. The van der Waals surface area contributed by atoms with Crippen LogP contribution in [0.25, 0.3) is 0 Å². The molecular formula is C22H28O8. The van der Waals surface area contributed by atoms with E-state index in [0.29, 0.717) is 6.42 Å². The molecule has 8 heteroatoms. The van der Waals surface area contributed by atoms with E-state index in [9.17, 15) is 34.8 Å². The normalized spacial score (nSPS) is 28.5. The van der Waals surface area contributed by atoms with Crippen molar-refractivity contribution in [3.8, 4) is 17.2 Å². The summed E-state index contributed by atoms with van der Waals surface area (Å²) in [6.07, 6.45) is 0.0484. The molecule has 3 rings (SSSR count). The smallest absolute Gasteiger partial charge is 0.302 e. The number of aromatic hydroxyl groups is 3. The number of carbonyl (C=O) groups excluding carboxylic acids is 3. The first-order chi connectivity index (χ1) is 13.8. The van der Waals surface area contributed by atoms with Crippen LogP contribution in [-0.2, 0) is 19.7 Å². The molecule has 30 heavy (non-hydrogen) atoms. The summed E-state index contributed by atoms with van der Waals surface area (Å²) in [6.45, 7) is 7.51. The molecule has 0 radical (unpaired) electrons. The van der Waals surface area contributed by atoms with Gasteiger partial charge >= 0.3 is 5.97 Å². The second-order valence-electron chi connectivity index (χ2n) is 9.30. The van der Waals surface area contributed by atoms with E-state index in [2.05, 4.69) is 0 Å². The number of carbonyl (C=O) groups is 3. The Hall–Kier alpha value is -2.61. The molecule has 0 amide bonds. The number of rotatable bonds is 3. The molecule has 0 heterocycles. The predicted molar refractivity (Wildman–Crippen MR) is 106 cm³/mol. The fraction of sp³-hybridized carbons (Fsp3) is 0.591. The second kappa shape index (κ2) is 6.97. The highest BCUT2D eigenvalue weighted by atomic mass is 16.5. The molecule has 1 aromatic rings. The van der Waals surface area contributed by atoms with Crippen molar-refractivity contribution in [1.29, 1.82) is 0 Å². The van der Waals surface area contributed by atoms with E-state index in [-0.39, 0.29) is 23.1 Å². The standard InChI is InChI=1S/C22H28O8/c1-9(8-23)12-15(25)13-14(18(28)16(12)26)22(5)7-6-11(30-10(2)24)21(3,4)20(22)19(29)17(13)27/h9,11,20,23,25-26,28H,6-8H2,1-5H3/t9-,11+,20+,22-/m1/s1. The Balaban J connectivity index is 2.31. The number of hydrogen-bond donors (Lipinski definition) is 4. The summed E-state index contributed by atoms with van der Waals surface area (Å²) in [5.41, 5.74) is -2.50. The van der Waals surface area contributed by atoms with Crippen molar-refractivity contribution in [2.45, 2.75) is 64.9 Å². The Labute approximate surface area is 174 Å². The largest absolute Gasteiger partial charge is 0.507 e. The third kappa shape index (κ3) is 2.80. The molecule has 1 saturated carbocycles. The maximum Gasteiger partial charge on any atom is 0.302 e. The van der Waals surface area contributed by atoms with E-state index in [0.717, 1.165) is 0 Å². The van der Waals surface area contributed by atoms with Crippen molar-refractivity contribution in [2.24, 2.45) is 11.3 Å². The van der Waals surface area contributed by atoms with E-state index < -0.39 is 70.2 Å². The Morgan fingerprint density at radius 3 is 2.27 bits per heavy atom. The highest BCUT2D eigenvalue weighted by Gasteiger charge is 2.62. The number of phenolic OH excluding ortho intramolecular Hbond substituents is 3. The molecule has 1 aromatic carbocycles. The van der Waals surface area contributed by atoms with Gasteiger partial charge in [-0.3, -0.25) is 14.4 Å². The first-order valence-electron chi connectivity index (χ1n) is 9.98. The molecule has 2 aliphatic rings. The molecule has 4 N–H and O–H groups in total. The summed E-state index contributed by atoms with van der Waals surface area (Å²) < 4.78 is 5.42.